The first-order valence-corrected chi connectivity index (χ1v) is 11.0. The van der Waals surface area contributed by atoms with E-state index in [1.54, 1.807) is 0 Å². The molecule has 3 nitrogen and oxygen atoms in total. The topological polar surface area (TPSA) is 21.7 Å². The first kappa shape index (κ1) is 19.6. The van der Waals surface area contributed by atoms with Gasteiger partial charge < -0.3 is 14.4 Å². The Kier molecular flexibility index (Phi) is 6.50. The fourth-order valence-electron chi connectivity index (χ4n) is 5.29. The van der Waals surface area contributed by atoms with Crippen LogP contribution in [0.3, 0.4) is 0 Å². The number of nitrogens with zero attached hydrogens (tertiary/aromatic N) is 1. The lowest BCUT2D eigenvalue weighted by atomic mass is 9.71. The third kappa shape index (κ3) is 4.99. The lowest BCUT2D eigenvalue weighted by Gasteiger charge is -2.41. The third-order valence-electron chi connectivity index (χ3n) is 6.98. The van der Waals surface area contributed by atoms with Gasteiger partial charge in [0.05, 0.1) is 12.7 Å². The smallest absolute Gasteiger partial charge is 0.168 e. The Morgan fingerprint density at radius 2 is 1.68 bits per heavy atom. The van der Waals surface area contributed by atoms with E-state index in [4.69, 9.17) is 9.47 Å². The fraction of sp³-hybridized carbons (Fsp3) is 1.00. The SMILES string of the molecule is CCCN(CCC1COC2(CCC(C(C)(C)C)CC2)O1)C1CCCC1. The molecule has 25 heavy (non-hydrogen) atoms. The van der Waals surface area contributed by atoms with Crippen LogP contribution in [0, 0.1) is 11.3 Å². The van der Waals surface area contributed by atoms with E-state index >= 15 is 0 Å². The maximum Gasteiger partial charge on any atom is 0.168 e. The van der Waals surface area contributed by atoms with Crippen molar-refractivity contribution in [2.75, 3.05) is 19.7 Å². The number of rotatable bonds is 6. The van der Waals surface area contributed by atoms with Crippen LogP contribution in [0.15, 0.2) is 0 Å². The van der Waals surface area contributed by atoms with Gasteiger partial charge in [0.25, 0.3) is 0 Å². The van der Waals surface area contributed by atoms with E-state index in [0.29, 0.717) is 11.5 Å². The summed E-state index contributed by atoms with van der Waals surface area (Å²) in [4.78, 5) is 2.73. The Morgan fingerprint density at radius 3 is 2.28 bits per heavy atom. The second kappa shape index (κ2) is 8.27. The highest BCUT2D eigenvalue weighted by molar-refractivity contribution is 4.89. The average Bonchev–Trinajstić information content (AvgIpc) is 3.22. The summed E-state index contributed by atoms with van der Waals surface area (Å²) in [6.45, 7) is 12.7. The summed E-state index contributed by atoms with van der Waals surface area (Å²) in [5, 5.41) is 0. The zero-order valence-corrected chi connectivity index (χ0v) is 17.2. The van der Waals surface area contributed by atoms with Crippen LogP contribution in [-0.2, 0) is 9.47 Å². The van der Waals surface area contributed by atoms with E-state index in [2.05, 4.69) is 32.6 Å². The highest BCUT2D eigenvalue weighted by Gasteiger charge is 2.45. The molecule has 0 aromatic heterocycles. The Morgan fingerprint density at radius 1 is 1.00 bits per heavy atom. The van der Waals surface area contributed by atoms with Gasteiger partial charge in [-0.1, -0.05) is 40.5 Å². The molecule has 0 bridgehead atoms. The van der Waals surface area contributed by atoms with E-state index < -0.39 is 0 Å². The highest BCUT2D eigenvalue weighted by Crippen LogP contribution is 2.45. The number of hydrogen-bond donors (Lipinski definition) is 0. The summed E-state index contributed by atoms with van der Waals surface area (Å²) < 4.78 is 12.7. The van der Waals surface area contributed by atoms with E-state index in [1.165, 1.54) is 58.0 Å². The Labute approximate surface area is 155 Å². The van der Waals surface area contributed by atoms with Crippen molar-refractivity contribution in [1.82, 2.24) is 4.90 Å². The monoisotopic (exact) mass is 351 g/mol. The fourth-order valence-corrected chi connectivity index (χ4v) is 5.29. The minimum absolute atomic E-state index is 0.241. The lowest BCUT2D eigenvalue weighted by molar-refractivity contribution is -0.197. The van der Waals surface area contributed by atoms with E-state index in [1.807, 2.05) is 0 Å². The summed E-state index contributed by atoms with van der Waals surface area (Å²) in [7, 11) is 0. The molecular weight excluding hydrogens is 310 g/mol. The van der Waals surface area contributed by atoms with Crippen LogP contribution in [0.1, 0.15) is 91.9 Å². The molecule has 1 spiro atoms. The first-order chi connectivity index (χ1) is 11.9. The Hall–Kier alpha value is -0.120. The minimum Gasteiger partial charge on any atom is -0.347 e. The summed E-state index contributed by atoms with van der Waals surface area (Å²) in [5.41, 5.74) is 0.418. The molecule has 0 aromatic carbocycles. The van der Waals surface area contributed by atoms with Gasteiger partial charge in [-0.25, -0.2) is 0 Å². The Bertz CT molecular complexity index is 403. The van der Waals surface area contributed by atoms with Gasteiger partial charge in [-0.05, 0) is 56.4 Å². The van der Waals surface area contributed by atoms with Crippen molar-refractivity contribution in [2.45, 2.75) is 110 Å². The van der Waals surface area contributed by atoms with E-state index in [-0.39, 0.29) is 5.79 Å². The summed E-state index contributed by atoms with van der Waals surface area (Å²) in [6, 6.07) is 0.832. The molecule has 1 heterocycles. The average molecular weight is 352 g/mol. The summed E-state index contributed by atoms with van der Waals surface area (Å²) in [5.74, 6) is 0.571. The molecule has 2 aliphatic carbocycles. The molecule has 3 heteroatoms. The zero-order valence-electron chi connectivity index (χ0n) is 17.2. The molecule has 146 valence electrons. The van der Waals surface area contributed by atoms with Crippen LogP contribution >= 0.6 is 0 Å². The molecule has 2 saturated carbocycles. The van der Waals surface area contributed by atoms with Crippen LogP contribution in [0.2, 0.25) is 0 Å². The van der Waals surface area contributed by atoms with Crippen molar-refractivity contribution in [3.05, 3.63) is 0 Å². The number of ether oxygens (including phenoxy) is 2. The molecule has 3 aliphatic rings. The van der Waals surface area contributed by atoms with Crippen molar-refractivity contribution >= 4 is 0 Å². The largest absolute Gasteiger partial charge is 0.347 e. The van der Waals surface area contributed by atoms with Gasteiger partial charge in [0, 0.05) is 25.4 Å². The predicted molar refractivity (Wildman–Crippen MR) is 104 cm³/mol. The van der Waals surface area contributed by atoms with Crippen LogP contribution in [-0.4, -0.2) is 42.5 Å². The van der Waals surface area contributed by atoms with Crippen molar-refractivity contribution in [1.29, 1.82) is 0 Å². The maximum absolute atomic E-state index is 6.49. The second-order valence-electron chi connectivity index (χ2n) is 9.86. The third-order valence-corrected chi connectivity index (χ3v) is 6.98. The molecule has 0 aromatic rings. The van der Waals surface area contributed by atoms with Crippen LogP contribution < -0.4 is 0 Å². The van der Waals surface area contributed by atoms with Gasteiger partial charge in [-0.3, -0.25) is 0 Å². The van der Waals surface area contributed by atoms with Gasteiger partial charge in [-0.15, -0.1) is 0 Å². The van der Waals surface area contributed by atoms with Crippen LogP contribution in [0.5, 0.6) is 0 Å². The lowest BCUT2D eigenvalue weighted by Crippen LogP contribution is -2.39. The molecule has 1 unspecified atom stereocenters. The van der Waals surface area contributed by atoms with E-state index in [0.717, 1.165) is 37.8 Å². The molecule has 0 amide bonds. The first-order valence-electron chi connectivity index (χ1n) is 11.0. The Balaban J connectivity index is 1.45. The molecule has 1 saturated heterocycles. The normalized spacial score (nSPS) is 34.4. The molecule has 3 fully saturated rings. The standard InChI is InChI=1S/C22H41NO2/c1-5-15-23(19-8-6-7-9-19)16-12-20-17-24-22(25-20)13-10-18(11-14-22)21(2,3)4/h18-20H,5-17H2,1-4H3. The molecule has 0 N–H and O–H groups in total. The highest BCUT2D eigenvalue weighted by atomic mass is 16.7. The second-order valence-corrected chi connectivity index (χ2v) is 9.86. The molecule has 0 radical (unpaired) electrons. The molecular formula is C22H41NO2. The minimum atomic E-state index is -0.241. The summed E-state index contributed by atoms with van der Waals surface area (Å²) >= 11 is 0. The maximum atomic E-state index is 6.49. The quantitative estimate of drug-likeness (QED) is 0.641. The van der Waals surface area contributed by atoms with Crippen molar-refractivity contribution in [3.8, 4) is 0 Å². The van der Waals surface area contributed by atoms with Crippen molar-refractivity contribution < 1.29 is 9.47 Å². The van der Waals surface area contributed by atoms with Crippen molar-refractivity contribution in [2.24, 2.45) is 11.3 Å². The molecule has 1 aliphatic heterocycles. The summed E-state index contributed by atoms with van der Waals surface area (Å²) in [6.07, 6.45) is 13.0. The van der Waals surface area contributed by atoms with Gasteiger partial charge in [0.2, 0.25) is 0 Å². The predicted octanol–water partition coefficient (Wildman–Crippen LogP) is 5.38. The van der Waals surface area contributed by atoms with Gasteiger partial charge in [0.15, 0.2) is 5.79 Å². The van der Waals surface area contributed by atoms with Crippen LogP contribution in [0.4, 0.5) is 0 Å². The zero-order chi connectivity index (χ0) is 17.9. The van der Waals surface area contributed by atoms with Gasteiger partial charge in [0.1, 0.15) is 0 Å². The van der Waals surface area contributed by atoms with Gasteiger partial charge >= 0.3 is 0 Å². The van der Waals surface area contributed by atoms with Crippen LogP contribution in [0.25, 0.3) is 0 Å². The van der Waals surface area contributed by atoms with Crippen molar-refractivity contribution in [3.63, 3.8) is 0 Å². The van der Waals surface area contributed by atoms with E-state index in [9.17, 15) is 0 Å². The molecule has 3 rings (SSSR count). The number of hydrogen-bond acceptors (Lipinski definition) is 3. The molecule has 1 atom stereocenters. The van der Waals surface area contributed by atoms with Gasteiger partial charge in [-0.2, -0.15) is 0 Å².